The molecular weight excluding hydrogens is 237 g/mol. The molecule has 1 nitrogen and oxygen atoms in total. The summed E-state index contributed by atoms with van der Waals surface area (Å²) in [5.74, 6) is 0.261. The van der Waals surface area contributed by atoms with E-state index < -0.39 is 11.7 Å². The van der Waals surface area contributed by atoms with Crippen LogP contribution in [0.25, 0.3) is 0 Å². The van der Waals surface area contributed by atoms with Gasteiger partial charge in [0.15, 0.2) is 0 Å². The van der Waals surface area contributed by atoms with Crippen LogP contribution in [0.1, 0.15) is 18.1 Å². The Morgan fingerprint density at radius 1 is 1.31 bits per heavy atom. The second-order valence-electron chi connectivity index (χ2n) is 3.46. The van der Waals surface area contributed by atoms with Crippen LogP contribution in [0.4, 0.5) is 13.2 Å². The largest absolute Gasteiger partial charge is 0.416 e. The molecule has 0 bridgehead atoms. The minimum absolute atomic E-state index is 0.0289. The van der Waals surface area contributed by atoms with Gasteiger partial charge in [-0.15, -0.1) is 0 Å². The van der Waals surface area contributed by atoms with Gasteiger partial charge in [-0.05, 0) is 11.6 Å². The average molecular weight is 250 g/mol. The van der Waals surface area contributed by atoms with E-state index >= 15 is 0 Å². The molecule has 0 radical (unpaired) electrons. The molecule has 0 aliphatic carbocycles. The molecule has 0 saturated carbocycles. The van der Waals surface area contributed by atoms with Crippen molar-refractivity contribution in [2.24, 2.45) is 0 Å². The number of alkyl halides is 3. The molecule has 0 spiro atoms. The van der Waals surface area contributed by atoms with Crippen molar-refractivity contribution >= 4 is 11.8 Å². The third kappa shape index (κ3) is 3.72. The Kier molecular flexibility index (Phi) is 4.68. The minimum Gasteiger partial charge on any atom is -0.395 e. The molecule has 1 atom stereocenters. The Balaban J connectivity index is 2.80. The van der Waals surface area contributed by atoms with Gasteiger partial charge in [0.1, 0.15) is 0 Å². The van der Waals surface area contributed by atoms with Crippen LogP contribution < -0.4 is 0 Å². The van der Waals surface area contributed by atoms with Crippen LogP contribution in [0.2, 0.25) is 0 Å². The van der Waals surface area contributed by atoms with E-state index in [1.807, 2.05) is 0 Å². The van der Waals surface area contributed by atoms with Gasteiger partial charge in [0, 0.05) is 11.0 Å². The molecule has 1 aromatic rings. The summed E-state index contributed by atoms with van der Waals surface area (Å²) in [6, 6.07) is 5.53. The van der Waals surface area contributed by atoms with Crippen molar-refractivity contribution in [3.8, 4) is 0 Å². The second-order valence-corrected chi connectivity index (χ2v) is 4.89. The van der Waals surface area contributed by atoms with Crippen LogP contribution in [-0.4, -0.2) is 17.0 Å². The average Bonchev–Trinajstić information content (AvgIpc) is 2.25. The molecule has 0 heterocycles. The number of halogens is 3. The van der Waals surface area contributed by atoms with Gasteiger partial charge in [0.05, 0.1) is 12.2 Å². The van der Waals surface area contributed by atoms with E-state index in [2.05, 4.69) is 0 Å². The first-order chi connectivity index (χ1) is 7.45. The van der Waals surface area contributed by atoms with Gasteiger partial charge in [-0.1, -0.05) is 25.1 Å². The topological polar surface area (TPSA) is 20.2 Å². The van der Waals surface area contributed by atoms with E-state index in [-0.39, 0.29) is 23.2 Å². The quantitative estimate of drug-likeness (QED) is 0.884. The van der Waals surface area contributed by atoms with Crippen LogP contribution in [0.3, 0.4) is 0 Å². The van der Waals surface area contributed by atoms with Crippen molar-refractivity contribution in [2.75, 3.05) is 6.61 Å². The van der Waals surface area contributed by atoms with Crippen molar-refractivity contribution in [3.63, 3.8) is 0 Å². The molecule has 16 heavy (non-hydrogen) atoms. The summed E-state index contributed by atoms with van der Waals surface area (Å²) in [6.45, 7) is 1.75. The zero-order chi connectivity index (χ0) is 12.2. The van der Waals surface area contributed by atoms with E-state index in [9.17, 15) is 13.2 Å². The highest BCUT2D eigenvalue weighted by molar-refractivity contribution is 7.99. The highest BCUT2D eigenvalue weighted by Gasteiger charge is 2.32. The standard InChI is InChI=1S/C11H13F3OS/c1-8(6-15)16-7-9-4-2-3-5-10(9)11(12,13)14/h2-5,8,15H,6-7H2,1H3. The van der Waals surface area contributed by atoms with Crippen molar-refractivity contribution in [2.45, 2.75) is 24.1 Å². The van der Waals surface area contributed by atoms with Crippen molar-refractivity contribution in [1.82, 2.24) is 0 Å². The zero-order valence-corrected chi connectivity index (χ0v) is 9.61. The van der Waals surface area contributed by atoms with Gasteiger partial charge in [0.25, 0.3) is 0 Å². The maximum Gasteiger partial charge on any atom is 0.416 e. The van der Waals surface area contributed by atoms with Gasteiger partial charge in [-0.3, -0.25) is 0 Å². The highest BCUT2D eigenvalue weighted by atomic mass is 32.2. The van der Waals surface area contributed by atoms with E-state index in [1.54, 1.807) is 13.0 Å². The highest BCUT2D eigenvalue weighted by Crippen LogP contribution is 2.33. The summed E-state index contributed by atoms with van der Waals surface area (Å²) < 4.78 is 37.8. The van der Waals surface area contributed by atoms with E-state index in [4.69, 9.17) is 5.11 Å². The van der Waals surface area contributed by atoms with E-state index in [0.29, 0.717) is 0 Å². The Morgan fingerprint density at radius 3 is 2.50 bits per heavy atom. The number of aliphatic hydroxyl groups excluding tert-OH is 1. The summed E-state index contributed by atoms with van der Waals surface area (Å²) in [6.07, 6.45) is -4.31. The van der Waals surface area contributed by atoms with Crippen LogP contribution in [0.15, 0.2) is 24.3 Å². The predicted octanol–water partition coefficient (Wildman–Crippen LogP) is 3.32. The van der Waals surface area contributed by atoms with E-state index in [1.165, 1.54) is 23.9 Å². The molecule has 5 heteroatoms. The van der Waals surface area contributed by atoms with Crippen molar-refractivity contribution < 1.29 is 18.3 Å². The molecule has 1 rings (SSSR count). The van der Waals surface area contributed by atoms with Crippen LogP contribution in [0, 0.1) is 0 Å². The van der Waals surface area contributed by atoms with Crippen LogP contribution >= 0.6 is 11.8 Å². The fourth-order valence-corrected chi connectivity index (χ4v) is 2.03. The fraction of sp³-hybridized carbons (Fsp3) is 0.455. The first-order valence-electron chi connectivity index (χ1n) is 4.82. The molecule has 1 unspecified atom stereocenters. The molecule has 0 fully saturated rings. The Bertz CT molecular complexity index is 338. The number of hydrogen-bond donors (Lipinski definition) is 1. The maximum absolute atomic E-state index is 12.6. The first kappa shape index (κ1) is 13.4. The lowest BCUT2D eigenvalue weighted by Crippen LogP contribution is -2.09. The Labute approximate surface area is 96.7 Å². The summed E-state index contributed by atoms with van der Waals surface area (Å²) in [5, 5.41) is 8.74. The lowest BCUT2D eigenvalue weighted by atomic mass is 10.1. The predicted molar refractivity (Wildman–Crippen MR) is 59.3 cm³/mol. The molecule has 0 aromatic heterocycles. The minimum atomic E-state index is -4.31. The lowest BCUT2D eigenvalue weighted by molar-refractivity contribution is -0.138. The smallest absolute Gasteiger partial charge is 0.395 e. The number of benzene rings is 1. The molecule has 90 valence electrons. The second kappa shape index (κ2) is 5.59. The van der Waals surface area contributed by atoms with Gasteiger partial charge in [-0.25, -0.2) is 0 Å². The number of hydrogen-bond acceptors (Lipinski definition) is 2. The fourth-order valence-electron chi connectivity index (χ4n) is 1.21. The maximum atomic E-state index is 12.6. The normalized spacial score (nSPS) is 13.8. The monoisotopic (exact) mass is 250 g/mol. The summed E-state index contributed by atoms with van der Waals surface area (Å²) in [5.41, 5.74) is -0.326. The summed E-state index contributed by atoms with van der Waals surface area (Å²) >= 11 is 1.31. The number of aliphatic hydroxyl groups is 1. The Hall–Kier alpha value is -0.680. The molecule has 0 amide bonds. The van der Waals surface area contributed by atoms with Crippen molar-refractivity contribution in [3.05, 3.63) is 35.4 Å². The summed E-state index contributed by atoms with van der Waals surface area (Å²) in [7, 11) is 0. The number of rotatable bonds is 4. The van der Waals surface area contributed by atoms with Gasteiger partial charge >= 0.3 is 6.18 Å². The van der Waals surface area contributed by atoms with Crippen molar-refractivity contribution in [1.29, 1.82) is 0 Å². The SMILES string of the molecule is CC(CO)SCc1ccccc1C(F)(F)F. The molecule has 1 aromatic carbocycles. The third-order valence-electron chi connectivity index (χ3n) is 2.10. The third-order valence-corrected chi connectivity index (χ3v) is 3.30. The van der Waals surface area contributed by atoms with Crippen LogP contribution in [0.5, 0.6) is 0 Å². The Morgan fingerprint density at radius 2 is 1.94 bits per heavy atom. The van der Waals surface area contributed by atoms with Gasteiger partial charge < -0.3 is 5.11 Å². The zero-order valence-electron chi connectivity index (χ0n) is 8.79. The molecule has 0 aliphatic rings. The molecule has 0 saturated heterocycles. The van der Waals surface area contributed by atoms with Gasteiger partial charge in [0.2, 0.25) is 0 Å². The first-order valence-corrected chi connectivity index (χ1v) is 5.87. The van der Waals surface area contributed by atoms with Crippen LogP contribution in [-0.2, 0) is 11.9 Å². The van der Waals surface area contributed by atoms with E-state index in [0.717, 1.165) is 6.07 Å². The lowest BCUT2D eigenvalue weighted by Gasteiger charge is -2.13. The number of thioether (sulfide) groups is 1. The molecule has 1 N–H and O–H groups in total. The molecular formula is C11H13F3OS. The summed E-state index contributed by atoms with van der Waals surface area (Å²) in [4.78, 5) is 0. The van der Waals surface area contributed by atoms with Gasteiger partial charge in [-0.2, -0.15) is 24.9 Å². The molecule has 0 aliphatic heterocycles.